The summed E-state index contributed by atoms with van der Waals surface area (Å²) in [6.45, 7) is 0. The first-order chi connectivity index (χ1) is 14.2. The number of halogens is 3. The molecule has 0 aliphatic rings. The van der Waals surface area contributed by atoms with Crippen molar-refractivity contribution in [2.24, 2.45) is 5.73 Å². The van der Waals surface area contributed by atoms with Gasteiger partial charge in [0.1, 0.15) is 11.6 Å². The van der Waals surface area contributed by atoms with Crippen LogP contribution in [-0.4, -0.2) is 24.1 Å². The van der Waals surface area contributed by atoms with E-state index in [2.05, 4.69) is 0 Å². The molecular weight excluding hydrogens is 436 g/mol. The molecule has 0 bridgehead atoms. The Morgan fingerprint density at radius 2 is 1.57 bits per heavy atom. The number of carboxylic acid groups (broad SMARTS) is 1. The number of carbonyl (C=O) groups is 2. The van der Waals surface area contributed by atoms with Crippen LogP contribution in [0.5, 0.6) is 17.2 Å². The van der Waals surface area contributed by atoms with Gasteiger partial charge in [-0.1, -0.05) is 41.4 Å². The highest BCUT2D eigenvalue weighted by Crippen LogP contribution is 2.37. The number of amides is 1. The lowest BCUT2D eigenvalue weighted by atomic mass is 10.2. The Labute approximate surface area is 181 Å². The van der Waals surface area contributed by atoms with Crippen molar-refractivity contribution in [3.05, 3.63) is 87.7 Å². The molecular formula is C21H16Cl2FNO5. The largest absolute Gasteiger partial charge is 0.493 e. The topological polar surface area (TPSA) is 98.9 Å². The first-order valence-electron chi connectivity index (χ1n) is 8.31. The summed E-state index contributed by atoms with van der Waals surface area (Å²) in [5.41, 5.74) is 5.65. The molecule has 6 nitrogen and oxygen atoms in total. The number of primary amides is 1. The highest BCUT2D eigenvalue weighted by molar-refractivity contribution is 6.42. The minimum atomic E-state index is -0.879. The average molecular weight is 452 g/mol. The summed E-state index contributed by atoms with van der Waals surface area (Å²) in [6, 6.07) is 14.7. The Kier molecular flexibility index (Phi) is 8.03. The van der Waals surface area contributed by atoms with Crippen molar-refractivity contribution in [1.29, 1.82) is 0 Å². The molecule has 156 valence electrons. The number of hydrogen-bond acceptors (Lipinski definition) is 4. The lowest BCUT2D eigenvalue weighted by Gasteiger charge is -2.13. The predicted octanol–water partition coefficient (Wildman–Crippen LogP) is 5.42. The number of aromatic carboxylic acids is 1. The summed E-state index contributed by atoms with van der Waals surface area (Å²) in [6.07, 6.45) is 0. The van der Waals surface area contributed by atoms with Gasteiger partial charge in [0.25, 0.3) is 5.91 Å². The van der Waals surface area contributed by atoms with Gasteiger partial charge in [0.05, 0.1) is 28.3 Å². The number of nitrogens with two attached hydrogens (primary N) is 1. The Bertz CT molecular complexity index is 1060. The van der Waals surface area contributed by atoms with Crippen LogP contribution >= 0.6 is 23.2 Å². The smallest absolute Gasteiger partial charge is 0.335 e. The van der Waals surface area contributed by atoms with E-state index in [1.165, 1.54) is 31.4 Å². The van der Waals surface area contributed by atoms with E-state index < -0.39 is 17.7 Å². The molecule has 0 unspecified atom stereocenters. The third-order valence-electron chi connectivity index (χ3n) is 3.65. The molecule has 1 amide bonds. The van der Waals surface area contributed by atoms with Crippen molar-refractivity contribution in [2.75, 3.05) is 7.11 Å². The standard InChI is InChI=1S/C14H10Cl2FNO3.C7H6O2/c1-20-13-4-7(17)2-3-11(13)21-12-6-10(16)9(15)5-8(12)14(18)19;8-7(9)6-4-2-1-3-5-6/h2-6H,1H3,(H2,18,19);1-5H,(H,8,9). The summed E-state index contributed by atoms with van der Waals surface area (Å²) in [4.78, 5) is 21.6. The molecule has 0 aromatic heterocycles. The summed E-state index contributed by atoms with van der Waals surface area (Å²) in [5.74, 6) is -1.62. The number of methoxy groups -OCH3 is 1. The molecule has 3 rings (SSSR count). The summed E-state index contributed by atoms with van der Waals surface area (Å²) in [5, 5.41) is 8.75. The number of carboxylic acids is 1. The van der Waals surface area contributed by atoms with Crippen LogP contribution in [0.25, 0.3) is 0 Å². The maximum atomic E-state index is 13.1. The van der Waals surface area contributed by atoms with E-state index in [0.29, 0.717) is 5.56 Å². The van der Waals surface area contributed by atoms with E-state index in [1.807, 2.05) is 0 Å². The van der Waals surface area contributed by atoms with Crippen LogP contribution in [0.1, 0.15) is 20.7 Å². The molecule has 0 spiro atoms. The fraction of sp³-hybridized carbons (Fsp3) is 0.0476. The van der Waals surface area contributed by atoms with E-state index in [4.69, 9.17) is 43.5 Å². The minimum absolute atomic E-state index is 0.0516. The number of rotatable bonds is 5. The first kappa shape index (κ1) is 23.0. The Morgan fingerprint density at radius 3 is 2.10 bits per heavy atom. The van der Waals surface area contributed by atoms with Gasteiger partial charge in [-0.05, 0) is 30.3 Å². The van der Waals surface area contributed by atoms with E-state index in [1.54, 1.807) is 30.3 Å². The quantitative estimate of drug-likeness (QED) is 0.539. The van der Waals surface area contributed by atoms with Crippen molar-refractivity contribution < 1.29 is 28.6 Å². The van der Waals surface area contributed by atoms with Gasteiger partial charge in [0.2, 0.25) is 0 Å². The molecule has 30 heavy (non-hydrogen) atoms. The van der Waals surface area contributed by atoms with Crippen molar-refractivity contribution >= 4 is 35.1 Å². The van der Waals surface area contributed by atoms with Crippen molar-refractivity contribution in [3.8, 4) is 17.2 Å². The third-order valence-corrected chi connectivity index (χ3v) is 4.38. The fourth-order valence-corrected chi connectivity index (χ4v) is 2.55. The molecule has 3 N–H and O–H groups in total. The second-order valence-electron chi connectivity index (χ2n) is 5.70. The lowest BCUT2D eigenvalue weighted by molar-refractivity contribution is 0.0696. The van der Waals surface area contributed by atoms with Crippen LogP contribution in [0.2, 0.25) is 10.0 Å². The molecule has 0 fully saturated rings. The summed E-state index contributed by atoms with van der Waals surface area (Å²) >= 11 is 11.7. The SMILES string of the molecule is COc1cc(F)ccc1Oc1cc(Cl)c(Cl)cc1C(N)=O.O=C(O)c1ccccc1. The number of ether oxygens (including phenoxy) is 2. The van der Waals surface area contributed by atoms with E-state index >= 15 is 0 Å². The minimum Gasteiger partial charge on any atom is -0.493 e. The molecule has 0 atom stereocenters. The predicted molar refractivity (Wildman–Crippen MR) is 111 cm³/mol. The normalized spacial score (nSPS) is 9.87. The number of carbonyl (C=O) groups excluding carboxylic acids is 1. The average Bonchev–Trinajstić information content (AvgIpc) is 2.72. The fourth-order valence-electron chi connectivity index (χ4n) is 2.23. The van der Waals surface area contributed by atoms with Crippen LogP contribution in [0.3, 0.4) is 0 Å². The molecule has 0 heterocycles. The molecule has 0 aliphatic carbocycles. The number of hydrogen-bond donors (Lipinski definition) is 2. The zero-order valence-corrected chi connectivity index (χ0v) is 17.1. The van der Waals surface area contributed by atoms with Gasteiger partial charge in [0, 0.05) is 12.1 Å². The van der Waals surface area contributed by atoms with E-state index in [9.17, 15) is 14.0 Å². The molecule has 9 heteroatoms. The van der Waals surface area contributed by atoms with Crippen molar-refractivity contribution in [3.63, 3.8) is 0 Å². The molecule has 0 saturated heterocycles. The summed E-state index contributed by atoms with van der Waals surface area (Å²) in [7, 11) is 1.37. The number of benzene rings is 3. The molecule has 0 radical (unpaired) electrons. The van der Waals surface area contributed by atoms with Gasteiger partial charge in [0.15, 0.2) is 11.5 Å². The van der Waals surface area contributed by atoms with Crippen LogP contribution in [0, 0.1) is 5.82 Å². The highest BCUT2D eigenvalue weighted by atomic mass is 35.5. The lowest BCUT2D eigenvalue weighted by Crippen LogP contribution is -2.12. The Hall–Kier alpha value is -3.29. The molecule has 0 aliphatic heterocycles. The van der Waals surface area contributed by atoms with Crippen LogP contribution in [0.4, 0.5) is 4.39 Å². The van der Waals surface area contributed by atoms with Crippen LogP contribution in [0.15, 0.2) is 60.7 Å². The van der Waals surface area contributed by atoms with Gasteiger partial charge in [-0.15, -0.1) is 0 Å². The van der Waals surface area contributed by atoms with Crippen LogP contribution < -0.4 is 15.2 Å². The third kappa shape index (κ3) is 6.10. The van der Waals surface area contributed by atoms with E-state index in [-0.39, 0.29) is 32.9 Å². The van der Waals surface area contributed by atoms with Gasteiger partial charge in [-0.3, -0.25) is 4.79 Å². The van der Waals surface area contributed by atoms with Crippen LogP contribution in [-0.2, 0) is 0 Å². The first-order valence-corrected chi connectivity index (χ1v) is 9.07. The second kappa shape index (κ2) is 10.5. The van der Waals surface area contributed by atoms with Gasteiger partial charge >= 0.3 is 5.97 Å². The monoisotopic (exact) mass is 451 g/mol. The maximum Gasteiger partial charge on any atom is 0.335 e. The summed E-state index contributed by atoms with van der Waals surface area (Å²) < 4.78 is 23.7. The molecule has 3 aromatic carbocycles. The zero-order chi connectivity index (χ0) is 22.3. The molecule has 3 aromatic rings. The maximum absolute atomic E-state index is 13.1. The van der Waals surface area contributed by atoms with Gasteiger partial charge < -0.3 is 20.3 Å². The van der Waals surface area contributed by atoms with Gasteiger partial charge in [-0.2, -0.15) is 0 Å². The zero-order valence-electron chi connectivity index (χ0n) is 15.6. The van der Waals surface area contributed by atoms with Crippen molar-refractivity contribution in [1.82, 2.24) is 0 Å². The van der Waals surface area contributed by atoms with Crippen molar-refractivity contribution in [2.45, 2.75) is 0 Å². The molecule has 0 saturated carbocycles. The Morgan fingerprint density at radius 1 is 0.933 bits per heavy atom. The van der Waals surface area contributed by atoms with E-state index in [0.717, 1.165) is 6.07 Å². The highest BCUT2D eigenvalue weighted by Gasteiger charge is 2.16. The van der Waals surface area contributed by atoms with Gasteiger partial charge in [-0.25, -0.2) is 9.18 Å². The second-order valence-corrected chi connectivity index (χ2v) is 6.51. The Balaban J connectivity index is 0.000000297.